The number of ether oxygens (including phenoxy) is 1. The maximum atomic E-state index is 5.51. The quantitative estimate of drug-likeness (QED) is 0.781. The average Bonchev–Trinajstić information content (AvgIpc) is 3.11. The summed E-state index contributed by atoms with van der Waals surface area (Å²) in [6.45, 7) is 4.35. The van der Waals surface area contributed by atoms with Gasteiger partial charge in [0.1, 0.15) is 6.61 Å². The number of aromatic nitrogens is 2. The molecule has 0 unspecified atom stereocenters. The molecule has 18 heavy (non-hydrogen) atoms. The molecule has 1 saturated carbocycles. The smallest absolute Gasteiger partial charge is 0.316 e. The molecule has 100 valence electrons. The van der Waals surface area contributed by atoms with E-state index in [1.165, 1.54) is 12.8 Å². The Bertz CT molecular complexity index is 391. The average molecular weight is 250 g/mol. The maximum absolute atomic E-state index is 5.51. The van der Waals surface area contributed by atoms with Crippen molar-refractivity contribution in [2.45, 2.75) is 32.4 Å². The van der Waals surface area contributed by atoms with Gasteiger partial charge in [0.2, 0.25) is 0 Å². The van der Waals surface area contributed by atoms with Crippen molar-refractivity contribution in [3.05, 3.63) is 17.5 Å². The van der Waals surface area contributed by atoms with Crippen LogP contribution in [0.5, 0.6) is 6.01 Å². The molecule has 2 rings (SSSR count). The van der Waals surface area contributed by atoms with Gasteiger partial charge in [0.15, 0.2) is 0 Å². The minimum Gasteiger partial charge on any atom is -0.462 e. The van der Waals surface area contributed by atoms with Crippen LogP contribution in [0.15, 0.2) is 6.20 Å². The van der Waals surface area contributed by atoms with Gasteiger partial charge in [-0.2, -0.15) is 0 Å². The minimum absolute atomic E-state index is 0.476. The van der Waals surface area contributed by atoms with E-state index in [-0.39, 0.29) is 0 Å². The molecule has 0 bridgehead atoms. The molecule has 5 heteroatoms. The van der Waals surface area contributed by atoms with Gasteiger partial charge in [-0.15, -0.1) is 0 Å². The molecule has 1 aromatic heterocycles. The first-order valence-corrected chi connectivity index (χ1v) is 6.48. The Kier molecular flexibility index (Phi) is 4.49. The van der Waals surface area contributed by atoms with Crippen molar-refractivity contribution in [2.24, 2.45) is 0 Å². The molecule has 1 aliphatic rings. The molecule has 1 fully saturated rings. The summed E-state index contributed by atoms with van der Waals surface area (Å²) < 4.78 is 5.51. The first-order valence-electron chi connectivity index (χ1n) is 6.48. The van der Waals surface area contributed by atoms with Crippen LogP contribution in [0.1, 0.15) is 24.1 Å². The lowest BCUT2D eigenvalue weighted by Gasteiger charge is -2.11. The Balaban J connectivity index is 1.83. The summed E-state index contributed by atoms with van der Waals surface area (Å²) in [5.41, 5.74) is 2.15. The van der Waals surface area contributed by atoms with E-state index in [9.17, 15) is 0 Å². The standard InChI is InChI=1S/C13H22N4O/c1-10-11(8-14-12-4-5-12)9-15-13(16-10)18-7-6-17(2)3/h9,12,14H,4-8H2,1-3H3. The topological polar surface area (TPSA) is 50.3 Å². The molecule has 0 spiro atoms. The zero-order valence-corrected chi connectivity index (χ0v) is 11.4. The fourth-order valence-corrected chi connectivity index (χ4v) is 1.58. The van der Waals surface area contributed by atoms with E-state index in [4.69, 9.17) is 4.74 Å². The highest BCUT2D eigenvalue weighted by Crippen LogP contribution is 2.19. The second-order valence-corrected chi connectivity index (χ2v) is 5.07. The molecule has 1 heterocycles. The molecule has 1 N–H and O–H groups in total. The van der Waals surface area contributed by atoms with Gasteiger partial charge in [-0.3, -0.25) is 0 Å². The van der Waals surface area contributed by atoms with Gasteiger partial charge >= 0.3 is 6.01 Å². The highest BCUT2D eigenvalue weighted by atomic mass is 16.5. The highest BCUT2D eigenvalue weighted by molar-refractivity contribution is 5.17. The molecule has 0 aromatic carbocycles. The van der Waals surface area contributed by atoms with Crippen LogP contribution in [0.2, 0.25) is 0 Å². The van der Waals surface area contributed by atoms with Crippen molar-refractivity contribution < 1.29 is 4.74 Å². The van der Waals surface area contributed by atoms with E-state index in [1.54, 1.807) is 0 Å². The van der Waals surface area contributed by atoms with E-state index in [1.807, 2.05) is 27.2 Å². The van der Waals surface area contributed by atoms with E-state index in [0.717, 1.165) is 24.3 Å². The summed E-state index contributed by atoms with van der Waals surface area (Å²) in [5, 5.41) is 3.46. The second kappa shape index (κ2) is 6.11. The van der Waals surface area contributed by atoms with Crippen LogP contribution in [-0.2, 0) is 6.54 Å². The van der Waals surface area contributed by atoms with Gasteiger partial charge in [-0.25, -0.2) is 9.97 Å². The van der Waals surface area contributed by atoms with Gasteiger partial charge in [0.25, 0.3) is 0 Å². The zero-order chi connectivity index (χ0) is 13.0. The predicted octanol–water partition coefficient (Wildman–Crippen LogP) is 0.977. The van der Waals surface area contributed by atoms with Crippen molar-refractivity contribution in [3.8, 4) is 6.01 Å². The summed E-state index contributed by atoms with van der Waals surface area (Å²) in [7, 11) is 4.03. The number of hydrogen-bond acceptors (Lipinski definition) is 5. The number of rotatable bonds is 7. The van der Waals surface area contributed by atoms with Crippen LogP contribution in [0, 0.1) is 6.92 Å². The van der Waals surface area contributed by atoms with Crippen molar-refractivity contribution in [2.75, 3.05) is 27.2 Å². The number of hydrogen-bond donors (Lipinski definition) is 1. The molecule has 0 aliphatic heterocycles. The van der Waals surface area contributed by atoms with Gasteiger partial charge in [-0.05, 0) is 33.9 Å². The SMILES string of the molecule is Cc1nc(OCCN(C)C)ncc1CNC1CC1. The van der Waals surface area contributed by atoms with Crippen LogP contribution in [-0.4, -0.2) is 48.2 Å². The molecule has 0 amide bonds. The van der Waals surface area contributed by atoms with Gasteiger partial charge in [0.05, 0.1) is 0 Å². The molecule has 1 aliphatic carbocycles. The summed E-state index contributed by atoms with van der Waals surface area (Å²) in [5.74, 6) is 0. The van der Waals surface area contributed by atoms with Crippen molar-refractivity contribution >= 4 is 0 Å². The molecular weight excluding hydrogens is 228 g/mol. The monoisotopic (exact) mass is 250 g/mol. The molecule has 0 radical (unpaired) electrons. The Morgan fingerprint density at radius 1 is 1.44 bits per heavy atom. The van der Waals surface area contributed by atoms with Gasteiger partial charge in [0, 0.05) is 36.6 Å². The van der Waals surface area contributed by atoms with E-state index < -0.39 is 0 Å². The largest absolute Gasteiger partial charge is 0.462 e. The minimum atomic E-state index is 0.476. The van der Waals surface area contributed by atoms with Crippen molar-refractivity contribution in [1.29, 1.82) is 0 Å². The summed E-state index contributed by atoms with van der Waals surface area (Å²) in [4.78, 5) is 10.7. The zero-order valence-electron chi connectivity index (χ0n) is 11.4. The molecular formula is C13H22N4O. The second-order valence-electron chi connectivity index (χ2n) is 5.07. The first-order chi connectivity index (χ1) is 8.65. The Morgan fingerprint density at radius 2 is 2.22 bits per heavy atom. The summed E-state index contributed by atoms with van der Waals surface area (Å²) in [6.07, 6.45) is 4.46. The third kappa shape index (κ3) is 4.23. The van der Waals surface area contributed by atoms with E-state index >= 15 is 0 Å². The third-order valence-corrected chi connectivity index (χ3v) is 2.99. The summed E-state index contributed by atoms with van der Waals surface area (Å²) >= 11 is 0. The Labute approximate surface area is 109 Å². The number of nitrogens with zero attached hydrogens (tertiary/aromatic N) is 3. The Hall–Kier alpha value is -1.20. The normalized spacial score (nSPS) is 15.1. The Morgan fingerprint density at radius 3 is 2.83 bits per heavy atom. The van der Waals surface area contributed by atoms with Crippen LogP contribution < -0.4 is 10.1 Å². The lowest BCUT2D eigenvalue weighted by atomic mass is 10.2. The lowest BCUT2D eigenvalue weighted by molar-refractivity contribution is 0.245. The predicted molar refractivity (Wildman–Crippen MR) is 70.7 cm³/mol. The van der Waals surface area contributed by atoms with Gasteiger partial charge < -0.3 is 15.0 Å². The highest BCUT2D eigenvalue weighted by Gasteiger charge is 2.20. The van der Waals surface area contributed by atoms with Crippen LogP contribution in [0.3, 0.4) is 0 Å². The fraction of sp³-hybridized carbons (Fsp3) is 0.692. The number of nitrogens with one attached hydrogen (secondary N) is 1. The third-order valence-electron chi connectivity index (χ3n) is 2.99. The van der Waals surface area contributed by atoms with E-state index in [2.05, 4.69) is 20.2 Å². The van der Waals surface area contributed by atoms with Crippen LogP contribution in [0.25, 0.3) is 0 Å². The van der Waals surface area contributed by atoms with Crippen LogP contribution >= 0.6 is 0 Å². The fourth-order valence-electron chi connectivity index (χ4n) is 1.58. The molecule has 5 nitrogen and oxygen atoms in total. The molecule has 1 aromatic rings. The molecule has 0 saturated heterocycles. The first kappa shape index (κ1) is 13.2. The van der Waals surface area contributed by atoms with Crippen molar-refractivity contribution in [3.63, 3.8) is 0 Å². The van der Waals surface area contributed by atoms with E-state index in [0.29, 0.717) is 18.7 Å². The van der Waals surface area contributed by atoms with Gasteiger partial charge in [-0.1, -0.05) is 0 Å². The number of likely N-dealkylation sites (N-methyl/N-ethyl adjacent to an activating group) is 1. The molecule has 0 atom stereocenters. The maximum Gasteiger partial charge on any atom is 0.316 e. The number of aryl methyl sites for hydroxylation is 1. The lowest BCUT2D eigenvalue weighted by Crippen LogP contribution is -2.20. The van der Waals surface area contributed by atoms with Crippen molar-refractivity contribution in [1.82, 2.24) is 20.2 Å². The van der Waals surface area contributed by atoms with Crippen LogP contribution in [0.4, 0.5) is 0 Å². The summed E-state index contributed by atoms with van der Waals surface area (Å²) in [6, 6.07) is 1.19.